The first-order valence-electron chi connectivity index (χ1n) is 6.89. The van der Waals surface area contributed by atoms with E-state index < -0.39 is 36.6 Å². The second-order valence-electron chi connectivity index (χ2n) is 4.38. The van der Waals surface area contributed by atoms with Gasteiger partial charge in [-0.3, -0.25) is 0 Å². The molecule has 0 unspecified atom stereocenters. The Morgan fingerprint density at radius 3 is 2.68 bits per heavy atom. The summed E-state index contributed by atoms with van der Waals surface area (Å²) in [5, 5.41) is 4.70. The first-order chi connectivity index (χ1) is 10.4. The molecule has 5 nitrogen and oxygen atoms in total. The summed E-state index contributed by atoms with van der Waals surface area (Å²) in [6.45, 7) is -1.85. The van der Waals surface area contributed by atoms with Crippen LogP contribution in [0.4, 0.5) is 27.8 Å². The Kier molecular flexibility index (Phi) is 4.89. The molecule has 0 radical (unpaired) electrons. The number of anilines is 1. The molecule has 1 saturated heterocycles. The normalized spacial score (nSPS) is 28.1. The Morgan fingerprint density at radius 2 is 2.14 bits per heavy atom. The number of alkyl halides is 5. The van der Waals surface area contributed by atoms with Crippen LogP contribution in [-0.4, -0.2) is 41.3 Å². The first-order valence-corrected chi connectivity index (χ1v) is 5.89. The topological polar surface area (TPSA) is 59.1 Å². The number of hydrogen-bond donors (Lipinski definition) is 2. The van der Waals surface area contributed by atoms with E-state index in [2.05, 4.69) is 25.3 Å². The van der Waals surface area contributed by atoms with Crippen LogP contribution in [0.1, 0.15) is 15.4 Å². The van der Waals surface area contributed by atoms with Gasteiger partial charge < -0.3 is 15.4 Å². The van der Waals surface area contributed by atoms with Gasteiger partial charge in [0.25, 0.3) is 0 Å². The standard InChI is InChI=1S/C11H13F5N4O.ClH/c1-6-7(20-5-10(12,13)21-6)2-18-9-4-17-8(3-19-9)11(14,15)16;/h3-4,6-7,20H,2,5H2,1H3,(H,18,19);1H/t6-,7+;/m0./s1/i5D2;. The van der Waals surface area contributed by atoms with Crippen LogP contribution >= 0.6 is 12.4 Å². The molecule has 22 heavy (non-hydrogen) atoms. The molecule has 2 rings (SSSR count). The monoisotopic (exact) mass is 350 g/mol. The summed E-state index contributed by atoms with van der Waals surface area (Å²) >= 11 is 0. The molecule has 0 spiro atoms. The van der Waals surface area contributed by atoms with Crippen molar-refractivity contribution in [2.45, 2.75) is 31.4 Å². The van der Waals surface area contributed by atoms with E-state index in [-0.39, 0.29) is 24.8 Å². The van der Waals surface area contributed by atoms with Crippen LogP contribution in [0.25, 0.3) is 0 Å². The third-order valence-corrected chi connectivity index (χ3v) is 2.75. The van der Waals surface area contributed by atoms with Gasteiger partial charge in [-0.15, -0.1) is 12.4 Å². The van der Waals surface area contributed by atoms with Crippen LogP contribution in [0.2, 0.25) is 0 Å². The van der Waals surface area contributed by atoms with Crippen molar-refractivity contribution in [3.05, 3.63) is 18.1 Å². The quantitative estimate of drug-likeness (QED) is 0.819. The van der Waals surface area contributed by atoms with E-state index in [4.69, 9.17) is 2.74 Å². The number of aromatic nitrogens is 2. The summed E-state index contributed by atoms with van der Waals surface area (Å²) in [4.78, 5) is 6.70. The molecule has 1 aromatic heterocycles. The molecule has 0 amide bonds. The highest BCUT2D eigenvalue weighted by Crippen LogP contribution is 2.27. The van der Waals surface area contributed by atoms with Crippen LogP contribution in [0, 0.1) is 0 Å². The molecule has 2 heterocycles. The van der Waals surface area contributed by atoms with Crippen molar-refractivity contribution in [2.24, 2.45) is 0 Å². The van der Waals surface area contributed by atoms with E-state index in [1.165, 1.54) is 6.92 Å². The molecule has 0 aromatic carbocycles. The first kappa shape index (κ1) is 15.6. The number of morpholine rings is 1. The zero-order valence-electron chi connectivity index (χ0n) is 13.1. The van der Waals surface area contributed by atoms with Crippen LogP contribution < -0.4 is 10.6 Å². The lowest BCUT2D eigenvalue weighted by molar-refractivity contribution is -0.278. The summed E-state index contributed by atoms with van der Waals surface area (Å²) in [5.74, 6) is -0.00936. The molecule has 11 heteroatoms. The second-order valence-corrected chi connectivity index (χ2v) is 4.38. The van der Waals surface area contributed by atoms with E-state index in [9.17, 15) is 22.0 Å². The molecule has 0 aliphatic carbocycles. The number of rotatable bonds is 3. The zero-order valence-corrected chi connectivity index (χ0v) is 11.9. The Balaban J connectivity index is 0.00000288. The fourth-order valence-electron chi connectivity index (χ4n) is 1.64. The number of halogens is 6. The summed E-state index contributed by atoms with van der Waals surface area (Å²) in [6, 6.07) is -0.853. The van der Waals surface area contributed by atoms with Crippen molar-refractivity contribution in [2.75, 3.05) is 18.4 Å². The number of nitrogens with zero attached hydrogens (tertiary/aromatic N) is 2. The molecule has 0 saturated carbocycles. The van der Waals surface area contributed by atoms with Crippen molar-refractivity contribution < 1.29 is 29.4 Å². The van der Waals surface area contributed by atoms with Crippen LogP contribution in [0.5, 0.6) is 0 Å². The van der Waals surface area contributed by atoms with E-state index in [0.717, 1.165) is 6.20 Å². The van der Waals surface area contributed by atoms with Gasteiger partial charge in [0.05, 0.1) is 33.8 Å². The van der Waals surface area contributed by atoms with Gasteiger partial charge in [-0.1, -0.05) is 0 Å². The summed E-state index contributed by atoms with van der Waals surface area (Å²) < 4.78 is 82.5. The minimum Gasteiger partial charge on any atom is -0.367 e. The smallest absolute Gasteiger partial charge is 0.367 e. The average molecular weight is 351 g/mol. The molecule has 0 bridgehead atoms. The van der Waals surface area contributed by atoms with Gasteiger partial charge in [-0.05, 0) is 6.92 Å². The SMILES string of the molecule is Cl.[2H]C1([2H])N[C@H](CNc2cnc(C(F)(F)F)cn2)[C@H](C)OC1(F)F. The van der Waals surface area contributed by atoms with Crippen molar-refractivity contribution in [1.29, 1.82) is 0 Å². The largest absolute Gasteiger partial charge is 0.434 e. The number of nitrogens with one attached hydrogen (secondary N) is 2. The van der Waals surface area contributed by atoms with Crippen molar-refractivity contribution in [3.63, 3.8) is 0 Å². The van der Waals surface area contributed by atoms with E-state index in [1.54, 1.807) is 0 Å². The molecule has 1 aliphatic rings. The van der Waals surface area contributed by atoms with Crippen molar-refractivity contribution >= 4 is 18.2 Å². The highest BCUT2D eigenvalue weighted by Gasteiger charge is 2.40. The third kappa shape index (κ3) is 4.89. The van der Waals surface area contributed by atoms with Gasteiger partial charge in [-0.2, -0.15) is 22.0 Å². The van der Waals surface area contributed by atoms with Gasteiger partial charge in [0.1, 0.15) is 5.82 Å². The van der Waals surface area contributed by atoms with Crippen LogP contribution in [0.15, 0.2) is 12.4 Å². The lowest BCUT2D eigenvalue weighted by Crippen LogP contribution is -2.57. The van der Waals surface area contributed by atoms with E-state index in [1.807, 2.05) is 0 Å². The minimum absolute atomic E-state index is 0. The molecule has 1 aliphatic heterocycles. The average Bonchev–Trinajstić information content (AvgIpc) is 2.40. The van der Waals surface area contributed by atoms with Gasteiger partial charge in [0, 0.05) is 6.54 Å². The highest BCUT2D eigenvalue weighted by molar-refractivity contribution is 5.85. The third-order valence-electron chi connectivity index (χ3n) is 2.75. The molecule has 2 N–H and O–H groups in total. The predicted octanol–water partition coefficient (Wildman–Crippen LogP) is 2.30. The van der Waals surface area contributed by atoms with Crippen molar-refractivity contribution in [1.82, 2.24) is 15.3 Å². The van der Waals surface area contributed by atoms with Gasteiger partial charge in [0.15, 0.2) is 5.69 Å². The second kappa shape index (κ2) is 6.88. The molecule has 1 aromatic rings. The Hall–Kier alpha value is -1.26. The molecule has 126 valence electrons. The summed E-state index contributed by atoms with van der Waals surface area (Å²) in [6.07, 6.45) is -8.26. The zero-order chi connectivity index (χ0) is 17.5. The fourth-order valence-corrected chi connectivity index (χ4v) is 1.64. The summed E-state index contributed by atoms with van der Waals surface area (Å²) in [5.41, 5.74) is -1.16. The van der Waals surface area contributed by atoms with E-state index in [0.29, 0.717) is 6.20 Å². The highest BCUT2D eigenvalue weighted by atomic mass is 35.5. The predicted molar refractivity (Wildman–Crippen MR) is 70.1 cm³/mol. The lowest BCUT2D eigenvalue weighted by Gasteiger charge is -2.35. The molecular formula is C11H14ClF5N4O. The van der Waals surface area contributed by atoms with Crippen LogP contribution in [0.3, 0.4) is 0 Å². The van der Waals surface area contributed by atoms with Crippen LogP contribution in [-0.2, 0) is 10.9 Å². The molecular weight excluding hydrogens is 335 g/mol. The van der Waals surface area contributed by atoms with Gasteiger partial charge in [-0.25, -0.2) is 9.97 Å². The maximum absolute atomic E-state index is 13.3. The Morgan fingerprint density at radius 1 is 1.45 bits per heavy atom. The molecule has 2 atom stereocenters. The number of hydrogen-bond acceptors (Lipinski definition) is 5. The Bertz CT molecular complexity index is 560. The maximum atomic E-state index is 13.3. The lowest BCUT2D eigenvalue weighted by atomic mass is 10.1. The number of ether oxygens (including phenoxy) is 1. The minimum atomic E-state index is -4.61. The van der Waals surface area contributed by atoms with E-state index >= 15 is 0 Å². The maximum Gasteiger partial charge on any atom is 0.434 e. The van der Waals surface area contributed by atoms with Crippen molar-refractivity contribution in [3.8, 4) is 0 Å². The summed E-state index contributed by atoms with van der Waals surface area (Å²) in [7, 11) is 0. The molecule has 1 fully saturated rings. The van der Waals surface area contributed by atoms with Gasteiger partial charge in [0.2, 0.25) is 0 Å². The van der Waals surface area contributed by atoms with Gasteiger partial charge >= 0.3 is 12.3 Å². The fraction of sp³-hybridized carbons (Fsp3) is 0.636. The Labute approximate surface area is 131 Å².